The zero-order valence-corrected chi connectivity index (χ0v) is 14.5. The van der Waals surface area contributed by atoms with Crippen LogP contribution < -0.4 is 11.5 Å². The lowest BCUT2D eigenvalue weighted by Crippen LogP contribution is -2.60. The third-order valence-electron chi connectivity index (χ3n) is 6.46. The van der Waals surface area contributed by atoms with Crippen molar-refractivity contribution in [2.45, 2.75) is 85.1 Å². The first-order valence-electron chi connectivity index (χ1n) is 8.81. The fraction of sp³-hybridized carbons (Fsp3) is 1.00. The highest BCUT2D eigenvalue weighted by Crippen LogP contribution is 2.50. The maximum absolute atomic E-state index is 6.72. The molecular formula is C18H38N2. The Hall–Kier alpha value is -0.0800. The van der Waals surface area contributed by atoms with Gasteiger partial charge in [-0.3, -0.25) is 0 Å². The summed E-state index contributed by atoms with van der Waals surface area (Å²) in [5, 5.41) is 0. The zero-order valence-electron chi connectivity index (χ0n) is 14.5. The molecule has 0 heterocycles. The van der Waals surface area contributed by atoms with Crippen LogP contribution in [0.15, 0.2) is 0 Å². The van der Waals surface area contributed by atoms with Crippen molar-refractivity contribution in [3.05, 3.63) is 0 Å². The molecule has 1 rings (SSSR count). The van der Waals surface area contributed by atoms with Crippen LogP contribution in [0.25, 0.3) is 0 Å². The van der Waals surface area contributed by atoms with Crippen molar-refractivity contribution in [3.8, 4) is 0 Å². The number of hydrogen-bond acceptors (Lipinski definition) is 2. The average molecular weight is 283 g/mol. The van der Waals surface area contributed by atoms with Crippen molar-refractivity contribution in [2.24, 2.45) is 34.6 Å². The van der Waals surface area contributed by atoms with E-state index in [1.807, 2.05) is 0 Å². The topological polar surface area (TPSA) is 52.0 Å². The molecule has 0 radical (unpaired) electrons. The SMILES string of the molecule is CCCCC(C)(N)C(C)(CN)C(C)C1CC(CCC)C1. The van der Waals surface area contributed by atoms with Crippen LogP contribution in [0.2, 0.25) is 0 Å². The second kappa shape index (κ2) is 7.26. The van der Waals surface area contributed by atoms with E-state index in [1.54, 1.807) is 0 Å². The highest BCUT2D eigenvalue weighted by molar-refractivity contribution is 5.03. The van der Waals surface area contributed by atoms with Crippen LogP contribution in [-0.2, 0) is 0 Å². The van der Waals surface area contributed by atoms with Crippen molar-refractivity contribution in [1.82, 2.24) is 0 Å². The van der Waals surface area contributed by atoms with E-state index in [4.69, 9.17) is 11.5 Å². The van der Waals surface area contributed by atoms with Gasteiger partial charge in [-0.15, -0.1) is 0 Å². The molecule has 1 saturated carbocycles. The third-order valence-corrected chi connectivity index (χ3v) is 6.46. The fourth-order valence-electron chi connectivity index (χ4n) is 4.13. The summed E-state index contributed by atoms with van der Waals surface area (Å²) in [5.74, 6) is 2.44. The standard InChI is InChI=1S/C18H38N2/c1-6-8-10-18(5,20)17(4,13-19)14(3)16-11-15(12-16)9-7-2/h14-16H,6-13,19-20H2,1-5H3. The second-order valence-corrected chi connectivity index (χ2v) is 7.82. The predicted molar refractivity (Wildman–Crippen MR) is 89.6 cm³/mol. The molecule has 1 aliphatic rings. The molecule has 3 unspecified atom stereocenters. The smallest absolute Gasteiger partial charge is 0.0194 e. The number of unbranched alkanes of at least 4 members (excludes halogenated alkanes) is 1. The zero-order chi connectivity index (χ0) is 15.4. The van der Waals surface area contributed by atoms with Crippen molar-refractivity contribution >= 4 is 0 Å². The first kappa shape index (κ1) is 18.0. The molecule has 120 valence electrons. The van der Waals surface area contributed by atoms with Gasteiger partial charge in [-0.1, -0.05) is 53.4 Å². The van der Waals surface area contributed by atoms with Crippen LogP contribution in [0.3, 0.4) is 0 Å². The van der Waals surface area contributed by atoms with Gasteiger partial charge >= 0.3 is 0 Å². The van der Waals surface area contributed by atoms with Crippen LogP contribution in [0, 0.1) is 23.2 Å². The molecule has 0 aromatic carbocycles. The Balaban J connectivity index is 2.68. The molecule has 0 bridgehead atoms. The third kappa shape index (κ3) is 3.57. The molecule has 2 nitrogen and oxygen atoms in total. The summed E-state index contributed by atoms with van der Waals surface area (Å²) < 4.78 is 0. The fourth-order valence-corrected chi connectivity index (χ4v) is 4.13. The minimum absolute atomic E-state index is 0.0595. The lowest BCUT2D eigenvalue weighted by molar-refractivity contribution is -0.00348. The molecule has 0 aromatic rings. The summed E-state index contributed by atoms with van der Waals surface area (Å²) >= 11 is 0. The molecule has 0 saturated heterocycles. The summed E-state index contributed by atoms with van der Waals surface area (Å²) in [5.41, 5.74) is 12.8. The molecule has 0 aliphatic heterocycles. The lowest BCUT2D eigenvalue weighted by Gasteiger charge is -2.53. The van der Waals surface area contributed by atoms with Crippen LogP contribution in [0.4, 0.5) is 0 Å². The van der Waals surface area contributed by atoms with Crippen LogP contribution in [0.5, 0.6) is 0 Å². The molecule has 0 aromatic heterocycles. The van der Waals surface area contributed by atoms with Gasteiger partial charge in [-0.2, -0.15) is 0 Å². The van der Waals surface area contributed by atoms with Gasteiger partial charge in [0.25, 0.3) is 0 Å². The molecule has 1 fully saturated rings. The van der Waals surface area contributed by atoms with E-state index >= 15 is 0 Å². The van der Waals surface area contributed by atoms with Gasteiger partial charge in [0.1, 0.15) is 0 Å². The Bertz CT molecular complexity index is 281. The molecule has 3 atom stereocenters. The first-order chi connectivity index (χ1) is 9.32. The molecule has 0 amide bonds. The van der Waals surface area contributed by atoms with Gasteiger partial charge in [-0.05, 0) is 50.5 Å². The van der Waals surface area contributed by atoms with Crippen molar-refractivity contribution < 1.29 is 0 Å². The van der Waals surface area contributed by atoms with Crippen molar-refractivity contribution in [1.29, 1.82) is 0 Å². The number of nitrogens with two attached hydrogens (primary N) is 2. The molecule has 0 spiro atoms. The largest absolute Gasteiger partial charge is 0.330 e. The Kier molecular flexibility index (Phi) is 6.53. The predicted octanol–water partition coefficient (Wildman–Crippen LogP) is 4.32. The Morgan fingerprint density at radius 3 is 2.20 bits per heavy atom. The minimum Gasteiger partial charge on any atom is -0.330 e. The molecule has 2 heteroatoms. The van der Waals surface area contributed by atoms with Crippen molar-refractivity contribution in [3.63, 3.8) is 0 Å². The average Bonchev–Trinajstić information content (AvgIpc) is 2.38. The summed E-state index contributed by atoms with van der Waals surface area (Å²) in [6, 6.07) is 0. The van der Waals surface area contributed by atoms with Gasteiger partial charge in [0, 0.05) is 11.0 Å². The maximum atomic E-state index is 6.72. The molecule has 20 heavy (non-hydrogen) atoms. The van der Waals surface area contributed by atoms with Crippen molar-refractivity contribution in [2.75, 3.05) is 6.54 Å². The summed E-state index contributed by atoms with van der Waals surface area (Å²) in [6.07, 6.45) is 9.03. The number of hydrogen-bond donors (Lipinski definition) is 2. The van der Waals surface area contributed by atoms with E-state index in [0.29, 0.717) is 12.5 Å². The Morgan fingerprint density at radius 2 is 1.75 bits per heavy atom. The van der Waals surface area contributed by atoms with Crippen LogP contribution in [0.1, 0.15) is 79.6 Å². The Labute approximate surface area is 127 Å². The molecular weight excluding hydrogens is 244 g/mol. The van der Waals surface area contributed by atoms with E-state index in [2.05, 4.69) is 34.6 Å². The van der Waals surface area contributed by atoms with Gasteiger partial charge in [0.2, 0.25) is 0 Å². The number of rotatable bonds is 9. The Morgan fingerprint density at radius 1 is 1.15 bits per heavy atom. The monoisotopic (exact) mass is 282 g/mol. The van der Waals surface area contributed by atoms with Gasteiger partial charge in [-0.25, -0.2) is 0 Å². The summed E-state index contributed by atoms with van der Waals surface area (Å²) in [4.78, 5) is 0. The molecule has 1 aliphatic carbocycles. The minimum atomic E-state index is -0.146. The van der Waals surface area contributed by atoms with Gasteiger partial charge in [0.15, 0.2) is 0 Å². The van der Waals surface area contributed by atoms with Gasteiger partial charge < -0.3 is 11.5 Å². The van der Waals surface area contributed by atoms with Gasteiger partial charge in [0.05, 0.1) is 0 Å². The summed E-state index contributed by atoms with van der Waals surface area (Å²) in [7, 11) is 0. The summed E-state index contributed by atoms with van der Waals surface area (Å²) in [6.45, 7) is 12.2. The highest BCUT2D eigenvalue weighted by Gasteiger charge is 2.48. The first-order valence-corrected chi connectivity index (χ1v) is 8.81. The highest BCUT2D eigenvalue weighted by atomic mass is 14.8. The van der Waals surface area contributed by atoms with E-state index in [-0.39, 0.29) is 11.0 Å². The lowest BCUT2D eigenvalue weighted by atomic mass is 9.54. The van der Waals surface area contributed by atoms with E-state index in [0.717, 1.165) is 18.3 Å². The molecule has 4 N–H and O–H groups in total. The second-order valence-electron chi connectivity index (χ2n) is 7.82. The van der Waals surface area contributed by atoms with Crippen LogP contribution in [-0.4, -0.2) is 12.1 Å². The van der Waals surface area contributed by atoms with E-state index in [9.17, 15) is 0 Å². The van der Waals surface area contributed by atoms with E-state index < -0.39 is 0 Å². The van der Waals surface area contributed by atoms with E-state index in [1.165, 1.54) is 38.5 Å². The quantitative estimate of drug-likeness (QED) is 0.661. The normalized spacial score (nSPS) is 30.1. The van der Waals surface area contributed by atoms with Crippen LogP contribution >= 0.6 is 0 Å². The maximum Gasteiger partial charge on any atom is 0.0194 e.